The van der Waals surface area contributed by atoms with Crippen molar-refractivity contribution in [2.75, 3.05) is 6.54 Å². The number of rotatable bonds is 9. The lowest BCUT2D eigenvalue weighted by atomic mass is 10.2. The van der Waals surface area contributed by atoms with E-state index >= 15 is 0 Å². The molecular weight excluding hydrogens is 330 g/mol. The maximum Gasteiger partial charge on any atom is 0.396 e. The largest absolute Gasteiger partial charge is 0.503 e. The Balaban J connectivity index is 3.04. The van der Waals surface area contributed by atoms with Gasteiger partial charge in [0.25, 0.3) is 8.32 Å². The van der Waals surface area contributed by atoms with Gasteiger partial charge in [-0.25, -0.2) is 4.79 Å². The molecule has 0 unspecified atom stereocenters. The van der Waals surface area contributed by atoms with E-state index in [-0.39, 0.29) is 6.09 Å². The molecule has 0 aliphatic rings. The number of amides is 1. The van der Waals surface area contributed by atoms with Crippen molar-refractivity contribution >= 4 is 20.7 Å². The van der Waals surface area contributed by atoms with Crippen molar-refractivity contribution in [2.24, 2.45) is 0 Å². The summed E-state index contributed by atoms with van der Waals surface area (Å²) in [4.78, 5) is 25.5. The maximum absolute atomic E-state index is 13.0. The average Bonchev–Trinajstić information content (AvgIpc) is 2.56. The van der Waals surface area contributed by atoms with Crippen molar-refractivity contribution < 1.29 is 14.0 Å². The maximum atomic E-state index is 13.0. The lowest BCUT2D eigenvalue weighted by molar-refractivity contribution is -0.108. The third-order valence-corrected chi connectivity index (χ3v) is 10.9. The van der Waals surface area contributed by atoms with E-state index in [0.29, 0.717) is 36.1 Å². The molecule has 0 radical (unpaired) electrons. The van der Waals surface area contributed by atoms with Gasteiger partial charge in [-0.05, 0) is 22.2 Å². The molecule has 5 heteroatoms. The fraction of sp³-hybridized carbons (Fsp3) is 0.600. The Kier molecular flexibility index (Phi) is 8.36. The van der Waals surface area contributed by atoms with Crippen LogP contribution in [0.25, 0.3) is 0 Å². The van der Waals surface area contributed by atoms with Gasteiger partial charge in [0.15, 0.2) is 0 Å². The second kappa shape index (κ2) is 9.75. The number of aldehydes is 1. The Labute approximate surface area is 153 Å². The van der Waals surface area contributed by atoms with E-state index in [1.807, 2.05) is 30.3 Å². The highest BCUT2D eigenvalue weighted by Gasteiger charge is 2.48. The van der Waals surface area contributed by atoms with E-state index < -0.39 is 8.32 Å². The van der Waals surface area contributed by atoms with Gasteiger partial charge in [-0.1, -0.05) is 71.9 Å². The highest BCUT2D eigenvalue weighted by Crippen LogP contribution is 2.42. The Morgan fingerprint density at radius 3 is 2.00 bits per heavy atom. The molecule has 0 fully saturated rings. The average molecular weight is 364 g/mol. The van der Waals surface area contributed by atoms with Gasteiger partial charge in [0, 0.05) is 19.5 Å². The molecule has 0 heterocycles. The molecule has 0 saturated carbocycles. The van der Waals surface area contributed by atoms with Gasteiger partial charge < -0.3 is 14.1 Å². The van der Waals surface area contributed by atoms with Crippen molar-refractivity contribution in [3.05, 3.63) is 35.9 Å². The molecule has 4 nitrogen and oxygen atoms in total. The van der Waals surface area contributed by atoms with Gasteiger partial charge in [0.2, 0.25) is 0 Å². The summed E-state index contributed by atoms with van der Waals surface area (Å²) >= 11 is 0. The number of carbonyl (C=O) groups is 2. The topological polar surface area (TPSA) is 46.6 Å². The highest BCUT2D eigenvalue weighted by atomic mass is 28.4. The summed E-state index contributed by atoms with van der Waals surface area (Å²) in [6.07, 6.45) is 0.888. The van der Waals surface area contributed by atoms with Crippen LogP contribution < -0.4 is 0 Å². The van der Waals surface area contributed by atoms with E-state index in [4.69, 9.17) is 4.43 Å². The van der Waals surface area contributed by atoms with E-state index in [2.05, 4.69) is 41.5 Å². The smallest absolute Gasteiger partial charge is 0.396 e. The molecule has 1 aromatic carbocycles. The number of nitrogens with zero attached hydrogens (tertiary/aromatic N) is 1. The van der Waals surface area contributed by atoms with Crippen LogP contribution in [-0.2, 0) is 15.8 Å². The molecule has 0 aromatic heterocycles. The summed E-state index contributed by atoms with van der Waals surface area (Å²) in [5.74, 6) is 0. The highest BCUT2D eigenvalue weighted by molar-refractivity contribution is 6.78. The van der Waals surface area contributed by atoms with Crippen LogP contribution in [0.2, 0.25) is 16.6 Å². The van der Waals surface area contributed by atoms with Crippen LogP contribution in [0, 0.1) is 0 Å². The van der Waals surface area contributed by atoms with Gasteiger partial charge in [0.1, 0.15) is 6.29 Å². The zero-order valence-electron chi connectivity index (χ0n) is 16.5. The number of carbonyl (C=O) groups excluding carboxylic acids is 2. The van der Waals surface area contributed by atoms with Crippen LogP contribution in [0.1, 0.15) is 53.5 Å². The van der Waals surface area contributed by atoms with Gasteiger partial charge in [-0.3, -0.25) is 0 Å². The number of benzene rings is 1. The van der Waals surface area contributed by atoms with Crippen molar-refractivity contribution in [1.82, 2.24) is 4.90 Å². The first-order chi connectivity index (χ1) is 11.8. The van der Waals surface area contributed by atoms with Crippen LogP contribution in [0.5, 0.6) is 0 Å². The molecule has 1 amide bonds. The zero-order valence-corrected chi connectivity index (χ0v) is 17.5. The van der Waals surface area contributed by atoms with Crippen LogP contribution in [0.4, 0.5) is 4.79 Å². The Hall–Kier alpha value is -1.62. The molecule has 0 atom stereocenters. The van der Waals surface area contributed by atoms with E-state index in [9.17, 15) is 9.59 Å². The normalized spacial score (nSPS) is 11.9. The number of hydrogen-bond donors (Lipinski definition) is 0. The summed E-state index contributed by atoms with van der Waals surface area (Å²) in [6.45, 7) is 13.8. The molecule has 0 saturated heterocycles. The molecular formula is C20H33NO3Si. The van der Waals surface area contributed by atoms with Crippen molar-refractivity contribution in [2.45, 2.75) is 71.1 Å². The molecule has 0 aliphatic carbocycles. The molecule has 0 aliphatic heterocycles. The first-order valence-corrected chi connectivity index (χ1v) is 11.3. The monoisotopic (exact) mass is 363 g/mol. The SMILES string of the molecule is CC(C)[Si](OC(=O)N(CCC=O)Cc1ccccc1)(C(C)C)C(C)C. The standard InChI is InChI=1S/C20H33NO3Si/c1-16(2)25(17(3)4,18(5)6)24-20(23)21(13-10-14-22)15-19-11-8-7-9-12-19/h7-9,11-12,14,16-18H,10,13,15H2,1-6H3. The number of hydrogen-bond acceptors (Lipinski definition) is 3. The molecule has 0 bridgehead atoms. The first kappa shape index (κ1) is 21.4. The van der Waals surface area contributed by atoms with Crippen LogP contribution >= 0.6 is 0 Å². The predicted octanol–water partition coefficient (Wildman–Crippen LogP) is 5.39. The third-order valence-electron chi connectivity index (χ3n) is 4.96. The fourth-order valence-electron chi connectivity index (χ4n) is 3.82. The second-order valence-electron chi connectivity index (χ2n) is 7.55. The van der Waals surface area contributed by atoms with Crippen LogP contribution in [0.15, 0.2) is 30.3 Å². The summed E-state index contributed by atoms with van der Waals surface area (Å²) in [7, 11) is -2.29. The van der Waals surface area contributed by atoms with Crippen LogP contribution in [0.3, 0.4) is 0 Å². The van der Waals surface area contributed by atoms with Gasteiger partial charge >= 0.3 is 6.09 Å². The molecule has 0 spiro atoms. The molecule has 1 rings (SSSR count). The Morgan fingerprint density at radius 1 is 1.04 bits per heavy atom. The van der Waals surface area contributed by atoms with Crippen molar-refractivity contribution in [3.63, 3.8) is 0 Å². The third kappa shape index (κ3) is 5.43. The molecule has 1 aromatic rings. The van der Waals surface area contributed by atoms with Gasteiger partial charge in [-0.2, -0.15) is 0 Å². The first-order valence-electron chi connectivity index (χ1n) is 9.21. The van der Waals surface area contributed by atoms with Gasteiger partial charge in [-0.15, -0.1) is 0 Å². The van der Waals surface area contributed by atoms with E-state index in [1.54, 1.807) is 4.90 Å². The lowest BCUT2D eigenvalue weighted by Crippen LogP contribution is -2.51. The van der Waals surface area contributed by atoms with Crippen molar-refractivity contribution in [1.29, 1.82) is 0 Å². The van der Waals surface area contributed by atoms with Crippen LogP contribution in [-0.4, -0.2) is 32.1 Å². The quantitative estimate of drug-likeness (QED) is 0.436. The molecule has 25 heavy (non-hydrogen) atoms. The Bertz CT molecular complexity index is 521. The Morgan fingerprint density at radius 2 is 1.56 bits per heavy atom. The summed E-state index contributed by atoms with van der Waals surface area (Å²) in [5.41, 5.74) is 2.04. The summed E-state index contributed by atoms with van der Waals surface area (Å²) in [5, 5.41) is 0. The lowest BCUT2D eigenvalue weighted by Gasteiger charge is -2.42. The van der Waals surface area contributed by atoms with Crippen molar-refractivity contribution in [3.8, 4) is 0 Å². The second-order valence-corrected chi connectivity index (χ2v) is 12.9. The van der Waals surface area contributed by atoms with E-state index in [0.717, 1.165) is 11.8 Å². The van der Waals surface area contributed by atoms with Gasteiger partial charge in [0.05, 0.1) is 0 Å². The summed E-state index contributed by atoms with van der Waals surface area (Å²) in [6, 6.07) is 9.83. The predicted molar refractivity (Wildman–Crippen MR) is 105 cm³/mol. The minimum atomic E-state index is -2.29. The molecule has 0 N–H and O–H groups in total. The fourth-order valence-corrected chi connectivity index (χ4v) is 8.96. The van der Waals surface area contributed by atoms with E-state index in [1.165, 1.54) is 0 Å². The molecule has 140 valence electrons. The minimum Gasteiger partial charge on any atom is -0.503 e. The summed E-state index contributed by atoms with van der Waals surface area (Å²) < 4.78 is 6.26. The minimum absolute atomic E-state index is 0.284. The zero-order chi connectivity index (χ0) is 19.0.